The van der Waals surface area contributed by atoms with E-state index in [-0.39, 0.29) is 48.5 Å². The number of carbonyl (C=O) groups is 4. The van der Waals surface area contributed by atoms with Crippen LogP contribution >= 0.6 is 18.9 Å². The van der Waals surface area contributed by atoms with Crippen LogP contribution in [0.3, 0.4) is 0 Å². The average Bonchev–Trinajstić information content (AvgIpc) is 3.82. The molecule has 17 heteroatoms. The van der Waals surface area contributed by atoms with Crippen molar-refractivity contribution in [3.05, 3.63) is 83.1 Å². The molecule has 4 aliphatic heterocycles. The van der Waals surface area contributed by atoms with Gasteiger partial charge in [-0.15, -0.1) is 11.3 Å². The number of para-hydroxylation sites is 1. The second kappa shape index (κ2) is 18.6. The quantitative estimate of drug-likeness (QED) is 0.101. The van der Waals surface area contributed by atoms with Crippen LogP contribution in [0.1, 0.15) is 85.5 Å². The van der Waals surface area contributed by atoms with Crippen LogP contribution in [0.25, 0.3) is 10.1 Å². The maximum Gasteiger partial charge on any atom is 0.323 e. The number of carbonyl (C=O) groups excluding carboxylic acids is 4. The van der Waals surface area contributed by atoms with E-state index < -0.39 is 31.6 Å². The van der Waals surface area contributed by atoms with Crippen molar-refractivity contribution in [1.29, 1.82) is 0 Å². The molecule has 8 rings (SSSR count). The summed E-state index contributed by atoms with van der Waals surface area (Å²) >= 11 is 1.31. The third kappa shape index (κ3) is 9.33. The highest BCUT2D eigenvalue weighted by Gasteiger charge is 2.48. The molecule has 2 aromatic carbocycles. The Morgan fingerprint density at radius 1 is 1.03 bits per heavy atom. The van der Waals surface area contributed by atoms with Crippen LogP contribution in [-0.4, -0.2) is 114 Å². The highest BCUT2D eigenvalue weighted by atomic mass is 32.1. The number of benzene rings is 2. The molecule has 4 saturated heterocycles. The number of anilines is 1. The molecule has 1 unspecified atom stereocenters. The summed E-state index contributed by atoms with van der Waals surface area (Å²) in [5.74, 6) is 0.288. The highest BCUT2D eigenvalue weighted by Crippen LogP contribution is 2.48. The van der Waals surface area contributed by atoms with Crippen LogP contribution in [0.5, 0.6) is 5.75 Å². The molecule has 0 aliphatic carbocycles. The fourth-order valence-electron chi connectivity index (χ4n) is 8.95. The Kier molecular flexibility index (Phi) is 13.1. The standard InChI is InChI=1S/C44H54N7O8PS/c1-4-19-58-44(55)28(2)48-60(56,59-34-10-6-5-7-11-34)26-29-13-16-38-30(20-29)21-39(61-38)41(52)47-36-12-8-9-32-14-15-37(51(32)42(36)53)43(54)49-23-31(24-49)35-22-45-27-46-40(35)50-18-17-33(50)25-57-3/h5-7,10-11,13,16,20-22,27-28,31-33,36-37H,4,8-9,12,14-15,17-19,23-26H2,1-3H3,(H,47,52)(H,48,56)/t28-,32-,33-,36-,37-,60?/m0/s1. The van der Waals surface area contributed by atoms with Crippen LogP contribution in [0.2, 0.25) is 0 Å². The number of thiophene rings is 1. The number of nitrogens with one attached hydrogen (secondary N) is 2. The van der Waals surface area contributed by atoms with Gasteiger partial charge in [-0.1, -0.05) is 31.2 Å². The van der Waals surface area contributed by atoms with Gasteiger partial charge < -0.3 is 34.0 Å². The largest absolute Gasteiger partial charge is 0.465 e. The number of esters is 1. The molecule has 3 amide bonds. The molecule has 0 spiro atoms. The fraction of sp³-hybridized carbons (Fsp3) is 0.500. The molecule has 2 N–H and O–H groups in total. The maximum atomic E-state index is 14.3. The van der Waals surface area contributed by atoms with Gasteiger partial charge in [0.1, 0.15) is 36.0 Å². The molecule has 4 fully saturated rings. The summed E-state index contributed by atoms with van der Waals surface area (Å²) in [5, 5.41) is 6.71. The summed E-state index contributed by atoms with van der Waals surface area (Å²) in [7, 11) is -1.98. The number of methoxy groups -OCH3 is 1. The van der Waals surface area contributed by atoms with Gasteiger partial charge in [0, 0.05) is 55.2 Å². The maximum absolute atomic E-state index is 14.3. The predicted octanol–water partition coefficient (Wildman–Crippen LogP) is 5.89. The summed E-state index contributed by atoms with van der Waals surface area (Å²) in [4.78, 5) is 70.0. The van der Waals surface area contributed by atoms with Crippen molar-refractivity contribution in [2.45, 2.75) is 101 Å². The molecule has 6 atom stereocenters. The molecule has 2 aromatic heterocycles. The second-order valence-corrected chi connectivity index (χ2v) is 19.7. The normalized spacial score (nSPS) is 23.0. The summed E-state index contributed by atoms with van der Waals surface area (Å²) in [6.07, 6.45) is 8.50. The van der Waals surface area contributed by atoms with Crippen molar-refractivity contribution in [3.63, 3.8) is 0 Å². The summed E-state index contributed by atoms with van der Waals surface area (Å²) in [6, 6.07) is 14.2. The summed E-state index contributed by atoms with van der Waals surface area (Å²) < 4.78 is 31.9. The zero-order valence-corrected chi connectivity index (χ0v) is 36.6. The number of aromatic nitrogens is 2. The molecule has 6 heterocycles. The molecule has 61 heavy (non-hydrogen) atoms. The fourth-order valence-corrected chi connectivity index (χ4v) is 11.9. The Morgan fingerprint density at radius 2 is 1.85 bits per heavy atom. The molecule has 0 bridgehead atoms. The Labute approximate surface area is 360 Å². The van der Waals surface area contributed by atoms with Crippen molar-refractivity contribution in [2.24, 2.45) is 0 Å². The molecular formula is C44H54N7O8PS. The van der Waals surface area contributed by atoms with Gasteiger partial charge in [0.2, 0.25) is 11.8 Å². The first-order valence-corrected chi connectivity index (χ1v) is 23.9. The van der Waals surface area contributed by atoms with Gasteiger partial charge in [0.05, 0.1) is 30.3 Å². The van der Waals surface area contributed by atoms with Crippen LogP contribution in [0.15, 0.2) is 67.1 Å². The summed E-state index contributed by atoms with van der Waals surface area (Å²) in [5.41, 5.74) is 1.72. The second-order valence-electron chi connectivity index (χ2n) is 16.5. The van der Waals surface area contributed by atoms with E-state index in [0.717, 1.165) is 53.7 Å². The van der Waals surface area contributed by atoms with Gasteiger partial charge in [0.15, 0.2) is 0 Å². The molecule has 4 aromatic rings. The van der Waals surface area contributed by atoms with Crippen molar-refractivity contribution in [2.75, 3.05) is 44.9 Å². The molecule has 0 saturated carbocycles. The lowest BCUT2D eigenvalue weighted by Crippen LogP contribution is -2.59. The Hall–Kier alpha value is -4.89. The van der Waals surface area contributed by atoms with Crippen LogP contribution < -0.4 is 19.8 Å². The first kappa shape index (κ1) is 42.8. The third-order valence-electron chi connectivity index (χ3n) is 12.2. The number of likely N-dealkylation sites (tertiary alicyclic amines) is 1. The average molecular weight is 872 g/mol. The van der Waals surface area contributed by atoms with Crippen molar-refractivity contribution in [3.8, 4) is 5.75 Å². The van der Waals surface area contributed by atoms with E-state index in [9.17, 15) is 23.7 Å². The first-order chi connectivity index (χ1) is 29.5. The highest BCUT2D eigenvalue weighted by molar-refractivity contribution is 7.56. The molecule has 4 aliphatic rings. The van der Waals surface area contributed by atoms with Crippen LogP contribution in [0, 0.1) is 0 Å². The summed E-state index contributed by atoms with van der Waals surface area (Å²) in [6.45, 7) is 6.38. The third-order valence-corrected chi connectivity index (χ3v) is 15.4. The van der Waals surface area contributed by atoms with Gasteiger partial charge >= 0.3 is 13.5 Å². The molecule has 324 valence electrons. The number of fused-ring (bicyclic) bond motifs is 2. The Bertz CT molecular complexity index is 2290. The number of nitrogens with zero attached hydrogens (tertiary/aromatic N) is 5. The van der Waals surface area contributed by atoms with E-state index in [4.69, 9.17) is 14.0 Å². The van der Waals surface area contributed by atoms with E-state index in [1.165, 1.54) is 11.3 Å². The first-order valence-electron chi connectivity index (χ1n) is 21.3. The molecule has 0 radical (unpaired) electrons. The molecule has 15 nitrogen and oxygen atoms in total. The smallest absolute Gasteiger partial charge is 0.323 e. The minimum Gasteiger partial charge on any atom is -0.465 e. The zero-order chi connectivity index (χ0) is 42.7. The van der Waals surface area contributed by atoms with E-state index in [1.54, 1.807) is 55.6 Å². The SMILES string of the molecule is CCCOC(=O)[C@H](C)NP(=O)(Cc1ccc2sc(C(=O)N[C@H]3CCC[C@H]4CC[C@@H](C(=O)N5CC(c6cncnc6N6CC[C@H]6COC)C5)N4C3=O)cc2c1)Oc1ccccc1. The zero-order valence-electron chi connectivity index (χ0n) is 34.9. The number of hydrogen-bond acceptors (Lipinski definition) is 12. The van der Waals surface area contributed by atoms with E-state index in [0.29, 0.717) is 55.1 Å². The van der Waals surface area contributed by atoms with Gasteiger partial charge in [-0.25, -0.2) is 15.1 Å². The number of hydrogen-bond donors (Lipinski definition) is 2. The van der Waals surface area contributed by atoms with Crippen molar-refractivity contribution < 1.29 is 37.7 Å². The van der Waals surface area contributed by atoms with Crippen molar-refractivity contribution in [1.82, 2.24) is 30.2 Å². The van der Waals surface area contributed by atoms with Crippen molar-refractivity contribution >= 4 is 58.5 Å². The van der Waals surface area contributed by atoms with Gasteiger partial charge in [-0.2, -0.15) is 0 Å². The monoisotopic (exact) mass is 871 g/mol. The van der Waals surface area contributed by atoms with Gasteiger partial charge in [0.25, 0.3) is 5.91 Å². The van der Waals surface area contributed by atoms with E-state index >= 15 is 0 Å². The minimum atomic E-state index is -3.69. The Morgan fingerprint density at radius 3 is 2.61 bits per heavy atom. The van der Waals surface area contributed by atoms with Crippen LogP contribution in [-0.2, 0) is 34.6 Å². The predicted molar refractivity (Wildman–Crippen MR) is 232 cm³/mol. The van der Waals surface area contributed by atoms with Gasteiger partial charge in [-0.05, 0) is 93.2 Å². The molecular weight excluding hydrogens is 818 g/mol. The topological polar surface area (TPSA) is 173 Å². The number of rotatable bonds is 16. The van der Waals surface area contributed by atoms with E-state index in [1.807, 2.05) is 42.3 Å². The van der Waals surface area contributed by atoms with Gasteiger partial charge in [-0.3, -0.25) is 23.7 Å². The number of amides is 3. The lowest BCUT2D eigenvalue weighted by molar-refractivity contribution is -0.148. The lowest BCUT2D eigenvalue weighted by atomic mass is 9.90. The number of ether oxygens (including phenoxy) is 2. The Balaban J connectivity index is 0.916. The lowest BCUT2D eigenvalue weighted by Gasteiger charge is -2.46. The van der Waals surface area contributed by atoms with Crippen LogP contribution in [0.4, 0.5) is 5.82 Å². The minimum absolute atomic E-state index is 0.0260. The van der Waals surface area contributed by atoms with E-state index in [2.05, 4.69) is 25.3 Å².